The van der Waals surface area contributed by atoms with Gasteiger partial charge in [0.1, 0.15) is 0 Å². The molecule has 1 heterocycles. The molecule has 0 fully saturated rings. The first-order valence-corrected chi connectivity index (χ1v) is 6.55. The summed E-state index contributed by atoms with van der Waals surface area (Å²) in [6.45, 7) is 1.75. The van der Waals surface area contributed by atoms with Crippen molar-refractivity contribution < 1.29 is 14.3 Å². The smallest absolute Gasteiger partial charge is 0.328 e. The average Bonchev–Trinajstić information content (AvgIpc) is 2.81. The molecule has 2 aromatic rings. The first-order chi connectivity index (χ1) is 9.13. The van der Waals surface area contributed by atoms with Crippen molar-refractivity contribution in [2.24, 2.45) is 0 Å². The summed E-state index contributed by atoms with van der Waals surface area (Å²) < 4.78 is 5.26. The highest BCUT2D eigenvalue weighted by Gasteiger charge is 2.03. The number of hydrogen-bond donors (Lipinski definition) is 1. The van der Waals surface area contributed by atoms with Crippen LogP contribution in [0.25, 0.3) is 6.08 Å². The van der Waals surface area contributed by atoms with Crippen molar-refractivity contribution in [3.8, 4) is 0 Å². The normalized spacial score (nSPS) is 11.0. The Balaban J connectivity index is 1.93. The summed E-state index contributed by atoms with van der Waals surface area (Å²) in [4.78, 5) is 10.4. The van der Waals surface area contributed by atoms with Gasteiger partial charge in [-0.2, -0.15) is 0 Å². The van der Waals surface area contributed by atoms with Gasteiger partial charge in [-0.25, -0.2) is 4.79 Å². The molecule has 0 spiro atoms. The maximum absolute atomic E-state index is 10.4. The van der Waals surface area contributed by atoms with Crippen molar-refractivity contribution in [2.45, 2.75) is 17.9 Å². The summed E-state index contributed by atoms with van der Waals surface area (Å²) in [5.41, 5.74) is 1.96. The molecular formula is C13H12N2O3S. The average molecular weight is 276 g/mol. The van der Waals surface area contributed by atoms with Gasteiger partial charge in [-0.3, -0.25) is 0 Å². The van der Waals surface area contributed by atoms with Crippen molar-refractivity contribution >= 4 is 23.8 Å². The highest BCUT2D eigenvalue weighted by molar-refractivity contribution is 7.98. The highest BCUT2D eigenvalue weighted by Crippen LogP contribution is 2.21. The number of carboxylic acids is 1. The molecule has 0 aliphatic rings. The number of aryl methyl sites for hydroxylation is 1. The summed E-state index contributed by atoms with van der Waals surface area (Å²) >= 11 is 1.47. The number of hydrogen-bond acceptors (Lipinski definition) is 5. The van der Waals surface area contributed by atoms with Gasteiger partial charge in [-0.05, 0) is 17.2 Å². The second-order valence-corrected chi connectivity index (χ2v) is 4.72. The number of benzene rings is 1. The molecule has 2 rings (SSSR count). The monoisotopic (exact) mass is 276 g/mol. The van der Waals surface area contributed by atoms with Crippen molar-refractivity contribution in [1.29, 1.82) is 0 Å². The van der Waals surface area contributed by atoms with E-state index in [1.165, 1.54) is 11.8 Å². The van der Waals surface area contributed by atoms with Crippen LogP contribution in [0.1, 0.15) is 17.0 Å². The van der Waals surface area contributed by atoms with Crippen LogP contribution in [0.4, 0.5) is 0 Å². The molecule has 1 N–H and O–H groups in total. The summed E-state index contributed by atoms with van der Waals surface area (Å²) in [7, 11) is 0. The van der Waals surface area contributed by atoms with E-state index < -0.39 is 5.97 Å². The van der Waals surface area contributed by atoms with E-state index in [0.717, 1.165) is 23.0 Å². The number of aliphatic carboxylic acids is 1. The maximum Gasteiger partial charge on any atom is 0.328 e. The lowest BCUT2D eigenvalue weighted by molar-refractivity contribution is -0.131. The summed E-state index contributed by atoms with van der Waals surface area (Å²) in [5.74, 6) is 0.327. The van der Waals surface area contributed by atoms with Crippen molar-refractivity contribution in [3.05, 3.63) is 47.4 Å². The molecule has 0 saturated heterocycles. The fourth-order valence-corrected chi connectivity index (χ4v) is 2.13. The van der Waals surface area contributed by atoms with E-state index >= 15 is 0 Å². The van der Waals surface area contributed by atoms with Gasteiger partial charge in [0.2, 0.25) is 5.89 Å². The second kappa shape index (κ2) is 6.19. The minimum absolute atomic E-state index is 0.548. The molecule has 1 aromatic carbocycles. The highest BCUT2D eigenvalue weighted by atomic mass is 32.2. The van der Waals surface area contributed by atoms with Crippen LogP contribution in [0.5, 0.6) is 0 Å². The standard InChI is InChI=1S/C13H12N2O3S/c1-9-14-15-13(18-9)19-8-11-4-2-10(3-5-11)6-7-12(16)17/h2-7H,8H2,1H3,(H,16,17). The lowest BCUT2D eigenvalue weighted by atomic mass is 10.1. The van der Waals surface area contributed by atoms with Crippen LogP contribution in [0.15, 0.2) is 40.0 Å². The zero-order valence-corrected chi connectivity index (χ0v) is 11.1. The third kappa shape index (κ3) is 4.26. The molecule has 0 saturated carbocycles. The molecule has 0 amide bonds. The van der Waals surface area contributed by atoms with Gasteiger partial charge in [-0.1, -0.05) is 36.0 Å². The molecular weight excluding hydrogens is 264 g/mol. The zero-order valence-electron chi connectivity index (χ0n) is 10.2. The number of thioether (sulfide) groups is 1. The molecule has 98 valence electrons. The van der Waals surface area contributed by atoms with Gasteiger partial charge in [0.25, 0.3) is 5.22 Å². The molecule has 0 aliphatic carbocycles. The number of nitrogens with zero attached hydrogens (tertiary/aromatic N) is 2. The van der Waals surface area contributed by atoms with Crippen LogP contribution in [-0.2, 0) is 10.5 Å². The SMILES string of the molecule is Cc1nnc(SCc2ccc(C=CC(=O)O)cc2)o1. The molecule has 0 aliphatic heterocycles. The van der Waals surface area contributed by atoms with Crippen molar-refractivity contribution in [3.63, 3.8) is 0 Å². The minimum atomic E-state index is -0.952. The van der Waals surface area contributed by atoms with E-state index in [9.17, 15) is 4.79 Å². The van der Waals surface area contributed by atoms with E-state index in [0.29, 0.717) is 11.1 Å². The second-order valence-electron chi connectivity index (χ2n) is 3.79. The molecule has 1 aromatic heterocycles. The lowest BCUT2D eigenvalue weighted by Gasteiger charge is -1.99. The Kier molecular flexibility index (Phi) is 4.35. The van der Waals surface area contributed by atoms with Crippen LogP contribution < -0.4 is 0 Å². The van der Waals surface area contributed by atoms with Crippen LogP contribution >= 0.6 is 11.8 Å². The third-order valence-electron chi connectivity index (χ3n) is 2.27. The lowest BCUT2D eigenvalue weighted by Crippen LogP contribution is -1.86. The molecule has 6 heteroatoms. The largest absolute Gasteiger partial charge is 0.478 e. The van der Waals surface area contributed by atoms with Gasteiger partial charge in [-0.15, -0.1) is 10.2 Å². The van der Waals surface area contributed by atoms with Crippen LogP contribution in [-0.4, -0.2) is 21.3 Å². The van der Waals surface area contributed by atoms with Crippen LogP contribution in [0.2, 0.25) is 0 Å². The number of carbonyl (C=O) groups is 1. The van der Waals surface area contributed by atoms with Gasteiger partial charge >= 0.3 is 5.97 Å². The first-order valence-electron chi connectivity index (χ1n) is 5.56. The van der Waals surface area contributed by atoms with Crippen molar-refractivity contribution in [2.75, 3.05) is 0 Å². The third-order valence-corrected chi connectivity index (χ3v) is 3.16. The minimum Gasteiger partial charge on any atom is -0.478 e. The molecule has 5 nitrogen and oxygen atoms in total. The van der Waals surface area contributed by atoms with E-state index in [2.05, 4.69) is 10.2 Å². The Morgan fingerprint density at radius 3 is 2.68 bits per heavy atom. The zero-order chi connectivity index (χ0) is 13.7. The number of rotatable bonds is 5. The quantitative estimate of drug-likeness (QED) is 0.668. The van der Waals surface area contributed by atoms with Gasteiger partial charge in [0.05, 0.1) is 0 Å². The Bertz CT molecular complexity index is 590. The first kappa shape index (κ1) is 13.4. The fourth-order valence-electron chi connectivity index (χ4n) is 1.37. The Morgan fingerprint density at radius 2 is 2.11 bits per heavy atom. The van der Waals surface area contributed by atoms with Gasteiger partial charge in [0.15, 0.2) is 0 Å². The fraction of sp³-hybridized carbons (Fsp3) is 0.154. The van der Waals surface area contributed by atoms with Gasteiger partial charge in [0, 0.05) is 18.8 Å². The summed E-state index contributed by atoms with van der Waals surface area (Å²) in [5, 5.41) is 16.7. The topological polar surface area (TPSA) is 76.2 Å². The van der Waals surface area contributed by atoms with E-state index in [-0.39, 0.29) is 0 Å². The summed E-state index contributed by atoms with van der Waals surface area (Å²) in [6, 6.07) is 7.62. The molecule has 0 bridgehead atoms. The van der Waals surface area contributed by atoms with Gasteiger partial charge < -0.3 is 9.52 Å². The van der Waals surface area contributed by atoms with E-state index in [1.807, 2.05) is 24.3 Å². The predicted octanol–water partition coefficient (Wildman–Crippen LogP) is 2.77. The predicted molar refractivity (Wildman–Crippen MR) is 71.7 cm³/mol. The van der Waals surface area contributed by atoms with Crippen LogP contribution in [0.3, 0.4) is 0 Å². The van der Waals surface area contributed by atoms with E-state index in [1.54, 1.807) is 13.0 Å². The van der Waals surface area contributed by atoms with Crippen LogP contribution in [0, 0.1) is 6.92 Å². The summed E-state index contributed by atoms with van der Waals surface area (Å²) in [6.07, 6.45) is 2.67. The van der Waals surface area contributed by atoms with Crippen molar-refractivity contribution in [1.82, 2.24) is 10.2 Å². The molecule has 0 unspecified atom stereocenters. The molecule has 0 radical (unpaired) electrons. The molecule has 19 heavy (non-hydrogen) atoms. The van der Waals surface area contributed by atoms with E-state index in [4.69, 9.17) is 9.52 Å². The Labute approximate surface area is 114 Å². The Morgan fingerprint density at radius 1 is 1.37 bits per heavy atom. The maximum atomic E-state index is 10.4. The Hall–Kier alpha value is -2.08. The number of aromatic nitrogens is 2. The molecule has 0 atom stereocenters. The number of carboxylic acid groups (broad SMARTS) is 1.